The van der Waals surface area contributed by atoms with Crippen LogP contribution in [-0.2, 0) is 22.6 Å². The maximum Gasteiger partial charge on any atom is 0.328 e. The van der Waals surface area contributed by atoms with Crippen molar-refractivity contribution in [2.24, 2.45) is 5.73 Å². The van der Waals surface area contributed by atoms with E-state index in [1.807, 2.05) is 20.8 Å². The molecule has 84 valence electrons. The summed E-state index contributed by atoms with van der Waals surface area (Å²) in [5, 5.41) is 3.99. The van der Waals surface area contributed by atoms with Crippen molar-refractivity contribution in [2.45, 2.75) is 39.5 Å². The van der Waals surface area contributed by atoms with E-state index in [0.717, 1.165) is 5.56 Å². The van der Waals surface area contributed by atoms with Crippen LogP contribution in [0, 0.1) is 0 Å². The molecule has 1 aromatic rings. The molecule has 5 heteroatoms. The number of aromatic nitrogens is 2. The lowest BCUT2D eigenvalue weighted by Gasteiger charge is -2.19. The van der Waals surface area contributed by atoms with Crippen LogP contribution in [0.25, 0.3) is 0 Å². The van der Waals surface area contributed by atoms with Crippen LogP contribution >= 0.6 is 0 Å². The lowest BCUT2D eigenvalue weighted by Crippen LogP contribution is -2.26. The third-order valence-electron chi connectivity index (χ3n) is 1.63. The Morgan fingerprint density at radius 3 is 2.73 bits per heavy atom. The van der Waals surface area contributed by atoms with Gasteiger partial charge in [0.25, 0.3) is 0 Å². The van der Waals surface area contributed by atoms with Crippen LogP contribution in [0.2, 0.25) is 0 Å². The van der Waals surface area contributed by atoms with Gasteiger partial charge in [0.2, 0.25) is 0 Å². The average molecular weight is 211 g/mol. The van der Waals surface area contributed by atoms with E-state index in [4.69, 9.17) is 10.5 Å². The Bertz CT molecular complexity index is 339. The summed E-state index contributed by atoms with van der Waals surface area (Å²) in [5.41, 5.74) is 5.87. The zero-order chi connectivity index (χ0) is 11.5. The number of hydrogen-bond acceptors (Lipinski definition) is 4. The number of ether oxygens (including phenoxy) is 1. The Labute approximate surface area is 89.2 Å². The highest BCUT2D eigenvalue weighted by Gasteiger charge is 2.16. The summed E-state index contributed by atoms with van der Waals surface area (Å²) in [6.07, 6.45) is 3.38. The predicted molar refractivity (Wildman–Crippen MR) is 56.0 cm³/mol. The van der Waals surface area contributed by atoms with Gasteiger partial charge >= 0.3 is 5.97 Å². The number of nitrogens with zero attached hydrogens (tertiary/aromatic N) is 2. The molecule has 0 saturated heterocycles. The van der Waals surface area contributed by atoms with Gasteiger partial charge in [0, 0.05) is 18.3 Å². The molecule has 0 saturated carbocycles. The summed E-state index contributed by atoms with van der Waals surface area (Å²) < 4.78 is 6.68. The molecule has 0 radical (unpaired) electrons. The lowest BCUT2D eigenvalue weighted by molar-refractivity contribution is -0.155. The van der Waals surface area contributed by atoms with E-state index in [9.17, 15) is 4.79 Å². The van der Waals surface area contributed by atoms with Crippen LogP contribution in [0.15, 0.2) is 12.4 Å². The molecule has 1 aromatic heterocycles. The molecule has 1 rings (SSSR count). The second-order valence-corrected chi connectivity index (χ2v) is 4.34. The molecule has 0 aliphatic rings. The fourth-order valence-electron chi connectivity index (χ4n) is 1.10. The van der Waals surface area contributed by atoms with Gasteiger partial charge in [-0.3, -0.25) is 9.48 Å². The van der Waals surface area contributed by atoms with Crippen molar-refractivity contribution in [1.82, 2.24) is 9.78 Å². The second kappa shape index (κ2) is 4.44. The van der Waals surface area contributed by atoms with E-state index in [2.05, 4.69) is 5.10 Å². The van der Waals surface area contributed by atoms with Crippen LogP contribution in [0.5, 0.6) is 0 Å². The van der Waals surface area contributed by atoms with Gasteiger partial charge in [0.1, 0.15) is 12.1 Å². The molecule has 0 fully saturated rings. The maximum atomic E-state index is 11.4. The normalized spacial score (nSPS) is 11.5. The van der Waals surface area contributed by atoms with E-state index in [-0.39, 0.29) is 12.5 Å². The number of nitrogens with two attached hydrogens (primary N) is 1. The molecule has 0 unspecified atom stereocenters. The Morgan fingerprint density at radius 1 is 1.60 bits per heavy atom. The Hall–Kier alpha value is -1.36. The molecular weight excluding hydrogens is 194 g/mol. The van der Waals surface area contributed by atoms with Crippen LogP contribution in [0.3, 0.4) is 0 Å². The van der Waals surface area contributed by atoms with Gasteiger partial charge in [0.05, 0.1) is 6.20 Å². The fraction of sp³-hybridized carbons (Fsp3) is 0.600. The molecule has 0 amide bonds. The summed E-state index contributed by atoms with van der Waals surface area (Å²) in [5.74, 6) is -0.297. The van der Waals surface area contributed by atoms with Crippen molar-refractivity contribution >= 4 is 5.97 Å². The van der Waals surface area contributed by atoms with Crippen molar-refractivity contribution in [3.8, 4) is 0 Å². The van der Waals surface area contributed by atoms with Crippen LogP contribution in [0.4, 0.5) is 0 Å². The van der Waals surface area contributed by atoms with Crippen LogP contribution in [-0.4, -0.2) is 21.4 Å². The number of rotatable bonds is 3. The van der Waals surface area contributed by atoms with Crippen molar-refractivity contribution in [3.05, 3.63) is 18.0 Å². The second-order valence-electron chi connectivity index (χ2n) is 4.34. The average Bonchev–Trinajstić information content (AvgIpc) is 2.48. The van der Waals surface area contributed by atoms with Gasteiger partial charge in [0.15, 0.2) is 0 Å². The molecular formula is C10H17N3O2. The summed E-state index contributed by atoms with van der Waals surface area (Å²) in [7, 11) is 0. The number of carbonyl (C=O) groups excluding carboxylic acids is 1. The van der Waals surface area contributed by atoms with Crippen LogP contribution in [0.1, 0.15) is 26.3 Å². The van der Waals surface area contributed by atoms with Gasteiger partial charge in [-0.1, -0.05) is 0 Å². The minimum atomic E-state index is -0.457. The predicted octanol–water partition coefficient (Wildman–Crippen LogP) is 0.684. The largest absolute Gasteiger partial charge is 0.459 e. The summed E-state index contributed by atoms with van der Waals surface area (Å²) in [4.78, 5) is 11.4. The Kier molecular flexibility index (Phi) is 3.47. The van der Waals surface area contributed by atoms with Gasteiger partial charge in [-0.2, -0.15) is 5.10 Å². The molecule has 1 heterocycles. The third-order valence-corrected chi connectivity index (χ3v) is 1.63. The van der Waals surface area contributed by atoms with E-state index in [1.54, 1.807) is 12.4 Å². The lowest BCUT2D eigenvalue weighted by atomic mass is 10.2. The molecule has 0 atom stereocenters. The number of esters is 1. The van der Waals surface area contributed by atoms with E-state index >= 15 is 0 Å². The zero-order valence-electron chi connectivity index (χ0n) is 9.36. The highest BCUT2D eigenvalue weighted by Crippen LogP contribution is 2.07. The minimum Gasteiger partial charge on any atom is -0.459 e. The van der Waals surface area contributed by atoms with Gasteiger partial charge in [-0.25, -0.2) is 0 Å². The first-order chi connectivity index (χ1) is 6.90. The van der Waals surface area contributed by atoms with Crippen molar-refractivity contribution in [1.29, 1.82) is 0 Å². The van der Waals surface area contributed by atoms with Crippen LogP contribution < -0.4 is 5.73 Å². The van der Waals surface area contributed by atoms with Crippen molar-refractivity contribution in [3.63, 3.8) is 0 Å². The molecule has 15 heavy (non-hydrogen) atoms. The van der Waals surface area contributed by atoms with Crippen molar-refractivity contribution in [2.75, 3.05) is 0 Å². The quantitative estimate of drug-likeness (QED) is 0.746. The maximum absolute atomic E-state index is 11.4. The zero-order valence-corrected chi connectivity index (χ0v) is 9.36. The van der Waals surface area contributed by atoms with E-state index < -0.39 is 5.60 Å². The minimum absolute atomic E-state index is 0.122. The number of hydrogen-bond donors (Lipinski definition) is 1. The molecule has 0 aliphatic heterocycles. The first kappa shape index (κ1) is 11.7. The Morgan fingerprint density at radius 2 is 2.27 bits per heavy atom. The highest BCUT2D eigenvalue weighted by molar-refractivity contribution is 5.69. The molecule has 2 N–H and O–H groups in total. The highest BCUT2D eigenvalue weighted by atomic mass is 16.6. The molecule has 0 bridgehead atoms. The smallest absolute Gasteiger partial charge is 0.328 e. The molecule has 0 aliphatic carbocycles. The molecule has 0 spiro atoms. The first-order valence-electron chi connectivity index (χ1n) is 4.84. The third kappa shape index (κ3) is 4.12. The summed E-state index contributed by atoms with van der Waals surface area (Å²) >= 11 is 0. The van der Waals surface area contributed by atoms with E-state index in [1.165, 1.54) is 4.68 Å². The summed E-state index contributed by atoms with van der Waals surface area (Å²) in [6, 6.07) is 0. The standard InChI is InChI=1S/C10H17N3O2/c1-10(2,3)15-9(14)7-13-6-8(4-11)5-12-13/h5-6H,4,7,11H2,1-3H3. The first-order valence-corrected chi connectivity index (χ1v) is 4.84. The van der Waals surface area contributed by atoms with Crippen molar-refractivity contribution < 1.29 is 9.53 Å². The van der Waals surface area contributed by atoms with Gasteiger partial charge in [-0.05, 0) is 20.8 Å². The van der Waals surface area contributed by atoms with Gasteiger partial charge < -0.3 is 10.5 Å². The molecule has 0 aromatic carbocycles. The topological polar surface area (TPSA) is 70.1 Å². The monoisotopic (exact) mass is 211 g/mol. The Balaban J connectivity index is 2.51. The fourth-order valence-corrected chi connectivity index (χ4v) is 1.10. The SMILES string of the molecule is CC(C)(C)OC(=O)Cn1cc(CN)cn1. The van der Waals surface area contributed by atoms with Gasteiger partial charge in [-0.15, -0.1) is 0 Å². The van der Waals surface area contributed by atoms with E-state index in [0.29, 0.717) is 6.54 Å². The summed E-state index contributed by atoms with van der Waals surface area (Å²) in [6.45, 7) is 6.05. The number of carbonyl (C=O) groups is 1. The molecule has 5 nitrogen and oxygen atoms in total.